The summed E-state index contributed by atoms with van der Waals surface area (Å²) >= 11 is 0.688. The van der Waals surface area contributed by atoms with Crippen molar-refractivity contribution in [3.05, 3.63) is 15.4 Å². The zero-order valence-corrected chi connectivity index (χ0v) is 10.9. The zero-order chi connectivity index (χ0) is 12.6. The minimum absolute atomic E-state index is 0.0439. The summed E-state index contributed by atoms with van der Waals surface area (Å²) in [6.07, 6.45) is 0.963. The van der Waals surface area contributed by atoms with Gasteiger partial charge < -0.3 is 10.1 Å². The lowest BCUT2D eigenvalue weighted by atomic mass is 9.83. The number of sulfonamides is 1. The SMILES string of the molecule is Cc1[nH]c(=O)sc1S(=O)(=O)NCC1CC(O)C1. The van der Waals surface area contributed by atoms with Crippen LogP contribution in [-0.4, -0.2) is 31.2 Å². The number of aromatic amines is 1. The molecule has 8 heteroatoms. The van der Waals surface area contributed by atoms with Crippen LogP contribution in [0.5, 0.6) is 0 Å². The van der Waals surface area contributed by atoms with Crippen molar-refractivity contribution in [2.45, 2.75) is 30.1 Å². The van der Waals surface area contributed by atoms with Crippen molar-refractivity contribution >= 4 is 21.4 Å². The van der Waals surface area contributed by atoms with E-state index in [0.717, 1.165) is 0 Å². The highest BCUT2D eigenvalue weighted by Gasteiger charge is 2.29. The van der Waals surface area contributed by atoms with Crippen LogP contribution in [0.2, 0.25) is 0 Å². The molecule has 17 heavy (non-hydrogen) atoms. The molecule has 3 N–H and O–H groups in total. The molecule has 1 aromatic rings. The summed E-state index contributed by atoms with van der Waals surface area (Å²) in [5, 5.41) is 9.09. The number of hydrogen-bond donors (Lipinski definition) is 3. The molecule has 6 nitrogen and oxygen atoms in total. The van der Waals surface area contributed by atoms with Crippen LogP contribution in [0.3, 0.4) is 0 Å². The highest BCUT2D eigenvalue weighted by atomic mass is 32.2. The Morgan fingerprint density at radius 3 is 2.65 bits per heavy atom. The Hall–Kier alpha value is -0.700. The second kappa shape index (κ2) is 4.52. The van der Waals surface area contributed by atoms with Crippen molar-refractivity contribution in [3.63, 3.8) is 0 Å². The van der Waals surface area contributed by atoms with E-state index in [1.54, 1.807) is 6.92 Å². The maximum atomic E-state index is 11.9. The van der Waals surface area contributed by atoms with E-state index in [1.165, 1.54) is 0 Å². The van der Waals surface area contributed by atoms with Gasteiger partial charge in [-0.1, -0.05) is 11.3 Å². The molecule has 0 bridgehead atoms. The van der Waals surface area contributed by atoms with Gasteiger partial charge in [-0.3, -0.25) is 4.79 Å². The topological polar surface area (TPSA) is 99.3 Å². The molecule has 0 radical (unpaired) electrons. The number of aryl methyl sites for hydroxylation is 1. The van der Waals surface area contributed by atoms with Crippen molar-refractivity contribution in [1.82, 2.24) is 9.71 Å². The Balaban J connectivity index is 2.04. The summed E-state index contributed by atoms with van der Waals surface area (Å²) in [5.74, 6) is 0.191. The molecule has 1 aliphatic carbocycles. The average Bonchev–Trinajstić information content (AvgIpc) is 2.51. The molecule has 96 valence electrons. The molecular weight excluding hydrogens is 264 g/mol. The second-order valence-electron chi connectivity index (χ2n) is 4.27. The minimum atomic E-state index is -3.60. The summed E-state index contributed by atoms with van der Waals surface area (Å²) in [7, 11) is -3.60. The number of rotatable bonds is 4. The van der Waals surface area contributed by atoms with E-state index < -0.39 is 10.0 Å². The third kappa shape index (κ3) is 2.76. The molecule has 1 fully saturated rings. The van der Waals surface area contributed by atoms with Gasteiger partial charge in [0, 0.05) is 12.2 Å². The molecule has 2 rings (SSSR count). The lowest BCUT2D eigenvalue weighted by Crippen LogP contribution is -2.38. The molecule has 1 aromatic heterocycles. The lowest BCUT2D eigenvalue weighted by Gasteiger charge is -2.31. The molecule has 0 spiro atoms. The lowest BCUT2D eigenvalue weighted by molar-refractivity contribution is 0.0453. The van der Waals surface area contributed by atoms with Gasteiger partial charge in [0.2, 0.25) is 0 Å². The van der Waals surface area contributed by atoms with Gasteiger partial charge in [0.15, 0.2) is 4.21 Å². The number of aliphatic hydroxyl groups excluding tert-OH is 1. The molecule has 0 aliphatic heterocycles. The number of aliphatic hydroxyl groups is 1. The number of aromatic nitrogens is 1. The molecule has 1 aliphatic rings. The first-order chi connectivity index (χ1) is 7.88. The van der Waals surface area contributed by atoms with Gasteiger partial charge in [-0.2, -0.15) is 0 Å². The quantitative estimate of drug-likeness (QED) is 0.710. The minimum Gasteiger partial charge on any atom is -0.393 e. The van der Waals surface area contributed by atoms with Gasteiger partial charge in [0.05, 0.1) is 6.10 Å². The summed E-state index contributed by atoms with van der Waals surface area (Å²) in [4.78, 5) is 13.1. The summed E-state index contributed by atoms with van der Waals surface area (Å²) in [6, 6.07) is 0. The zero-order valence-electron chi connectivity index (χ0n) is 9.26. The summed E-state index contributed by atoms with van der Waals surface area (Å²) in [6.45, 7) is 1.87. The summed E-state index contributed by atoms with van der Waals surface area (Å²) < 4.78 is 26.2. The van der Waals surface area contributed by atoms with E-state index in [2.05, 4.69) is 9.71 Å². The third-order valence-corrected chi connectivity index (χ3v) is 5.83. The fourth-order valence-corrected chi connectivity index (χ4v) is 4.27. The van der Waals surface area contributed by atoms with Gasteiger partial charge in [0.25, 0.3) is 10.0 Å². The summed E-state index contributed by atoms with van der Waals surface area (Å²) in [5.41, 5.74) is 0.362. The Kier molecular flexibility index (Phi) is 3.39. The fourth-order valence-electron chi connectivity index (χ4n) is 1.81. The molecule has 0 amide bonds. The van der Waals surface area contributed by atoms with Gasteiger partial charge >= 0.3 is 4.87 Å². The van der Waals surface area contributed by atoms with Crippen LogP contribution in [0.4, 0.5) is 0 Å². The highest BCUT2D eigenvalue weighted by molar-refractivity contribution is 7.91. The van der Waals surface area contributed by atoms with Gasteiger partial charge in [-0.15, -0.1) is 0 Å². The molecule has 1 heterocycles. The van der Waals surface area contributed by atoms with Crippen LogP contribution < -0.4 is 9.60 Å². The maximum Gasteiger partial charge on any atom is 0.305 e. The Labute approximate surface area is 103 Å². The fraction of sp³-hybridized carbons (Fsp3) is 0.667. The van der Waals surface area contributed by atoms with Gasteiger partial charge in [-0.05, 0) is 25.7 Å². The van der Waals surface area contributed by atoms with Crippen LogP contribution in [0.1, 0.15) is 18.5 Å². The van der Waals surface area contributed by atoms with E-state index in [0.29, 0.717) is 36.4 Å². The first-order valence-electron chi connectivity index (χ1n) is 5.26. The van der Waals surface area contributed by atoms with Crippen LogP contribution in [0.15, 0.2) is 9.00 Å². The standard InChI is InChI=1S/C9H14N2O4S2/c1-5-8(16-9(13)11-5)17(14,15)10-4-6-2-7(12)3-6/h6-7,10,12H,2-4H2,1H3,(H,11,13). The molecule has 0 aromatic carbocycles. The third-order valence-electron chi connectivity index (χ3n) is 2.80. The first kappa shape index (κ1) is 12.7. The predicted octanol–water partition coefficient (Wildman–Crippen LogP) is -0.206. The van der Waals surface area contributed by atoms with Crippen molar-refractivity contribution in [2.75, 3.05) is 6.54 Å². The molecule has 0 unspecified atom stereocenters. The predicted molar refractivity (Wildman–Crippen MR) is 63.6 cm³/mol. The number of H-pyrrole nitrogens is 1. The molecule has 0 saturated heterocycles. The van der Waals surface area contributed by atoms with Crippen LogP contribution in [0, 0.1) is 12.8 Å². The Bertz CT molecular complexity index is 554. The number of hydrogen-bond acceptors (Lipinski definition) is 5. The van der Waals surface area contributed by atoms with Crippen LogP contribution >= 0.6 is 11.3 Å². The average molecular weight is 278 g/mol. The van der Waals surface area contributed by atoms with Gasteiger partial charge in [-0.25, -0.2) is 13.1 Å². The van der Waals surface area contributed by atoms with E-state index in [4.69, 9.17) is 5.11 Å². The van der Waals surface area contributed by atoms with Crippen molar-refractivity contribution in [2.24, 2.45) is 5.92 Å². The van der Waals surface area contributed by atoms with Crippen molar-refractivity contribution < 1.29 is 13.5 Å². The Morgan fingerprint density at radius 2 is 2.18 bits per heavy atom. The van der Waals surface area contributed by atoms with E-state index in [1.807, 2.05) is 0 Å². The number of thiazole rings is 1. The van der Waals surface area contributed by atoms with Crippen LogP contribution in [0.25, 0.3) is 0 Å². The van der Waals surface area contributed by atoms with E-state index in [9.17, 15) is 13.2 Å². The molecule has 0 atom stereocenters. The van der Waals surface area contributed by atoms with E-state index in [-0.39, 0.29) is 21.1 Å². The molecular formula is C9H14N2O4S2. The first-order valence-corrected chi connectivity index (χ1v) is 7.56. The normalized spacial score (nSPS) is 24.6. The smallest absolute Gasteiger partial charge is 0.305 e. The number of nitrogens with one attached hydrogen (secondary N) is 2. The van der Waals surface area contributed by atoms with E-state index >= 15 is 0 Å². The highest BCUT2D eigenvalue weighted by Crippen LogP contribution is 2.27. The van der Waals surface area contributed by atoms with Gasteiger partial charge in [0.1, 0.15) is 0 Å². The van der Waals surface area contributed by atoms with Crippen LogP contribution in [-0.2, 0) is 10.0 Å². The van der Waals surface area contributed by atoms with Crippen molar-refractivity contribution in [3.8, 4) is 0 Å². The monoisotopic (exact) mass is 278 g/mol. The maximum absolute atomic E-state index is 11.9. The van der Waals surface area contributed by atoms with Crippen molar-refractivity contribution in [1.29, 1.82) is 0 Å². The Morgan fingerprint density at radius 1 is 1.53 bits per heavy atom. The molecule has 1 saturated carbocycles. The second-order valence-corrected chi connectivity index (χ2v) is 7.22. The largest absolute Gasteiger partial charge is 0.393 e.